The van der Waals surface area contributed by atoms with Crippen molar-refractivity contribution in [1.29, 1.82) is 0 Å². The Kier molecular flexibility index (Phi) is 4.36. The van der Waals surface area contributed by atoms with E-state index in [2.05, 4.69) is 22.6 Å². The minimum Gasteiger partial charge on any atom is -0.497 e. The van der Waals surface area contributed by atoms with E-state index >= 15 is 0 Å². The number of ether oxygens (including phenoxy) is 1. The van der Waals surface area contributed by atoms with E-state index in [1.54, 1.807) is 7.11 Å². The minimum absolute atomic E-state index is 0.486. The van der Waals surface area contributed by atoms with Crippen molar-refractivity contribution in [1.82, 2.24) is 14.5 Å². The Labute approximate surface area is 130 Å². The number of imidazole rings is 1. The molecule has 0 radical (unpaired) electrons. The maximum Gasteiger partial charge on any atom is 0.121 e. The smallest absolute Gasteiger partial charge is 0.121 e. The van der Waals surface area contributed by atoms with Crippen LogP contribution in [0.1, 0.15) is 24.7 Å². The Hall–Kier alpha value is -1.26. The molecular weight excluding hydrogens is 286 g/mol. The zero-order valence-electron chi connectivity index (χ0n) is 12.7. The molecular formula is C16H22ClN3O. The van der Waals surface area contributed by atoms with Gasteiger partial charge < -0.3 is 14.2 Å². The Morgan fingerprint density at radius 2 is 2.29 bits per heavy atom. The lowest BCUT2D eigenvalue weighted by Gasteiger charge is -2.32. The zero-order chi connectivity index (χ0) is 14.8. The van der Waals surface area contributed by atoms with Crippen molar-refractivity contribution >= 4 is 22.6 Å². The van der Waals surface area contributed by atoms with Crippen LogP contribution >= 0.6 is 11.6 Å². The van der Waals surface area contributed by atoms with E-state index < -0.39 is 0 Å². The molecule has 0 bridgehead atoms. The van der Waals surface area contributed by atoms with Gasteiger partial charge in [0.2, 0.25) is 0 Å². The first-order valence-corrected chi connectivity index (χ1v) is 8.05. The normalized spacial score (nSPS) is 20.0. The summed E-state index contributed by atoms with van der Waals surface area (Å²) in [6, 6.07) is 6.63. The molecule has 4 nitrogen and oxygen atoms in total. The molecule has 0 aliphatic carbocycles. The molecule has 114 valence electrons. The van der Waals surface area contributed by atoms with Gasteiger partial charge in [-0.05, 0) is 38.6 Å². The molecule has 1 saturated heterocycles. The summed E-state index contributed by atoms with van der Waals surface area (Å²) in [7, 11) is 3.88. The maximum absolute atomic E-state index is 5.97. The summed E-state index contributed by atoms with van der Waals surface area (Å²) in [6.45, 7) is 2.26. The first kappa shape index (κ1) is 14.7. The van der Waals surface area contributed by atoms with E-state index in [1.807, 2.05) is 12.1 Å². The second-order valence-corrected chi connectivity index (χ2v) is 6.13. The molecule has 2 heterocycles. The highest BCUT2D eigenvalue weighted by Crippen LogP contribution is 2.29. The van der Waals surface area contributed by atoms with Crippen molar-refractivity contribution in [3.05, 3.63) is 24.0 Å². The fraction of sp³-hybridized carbons (Fsp3) is 0.562. The third kappa shape index (κ3) is 2.87. The summed E-state index contributed by atoms with van der Waals surface area (Å²) in [4.78, 5) is 7.19. The van der Waals surface area contributed by atoms with Gasteiger partial charge in [-0.2, -0.15) is 0 Å². The maximum atomic E-state index is 5.97. The van der Waals surface area contributed by atoms with Crippen LogP contribution in [-0.2, 0) is 6.42 Å². The van der Waals surface area contributed by atoms with E-state index in [0.29, 0.717) is 11.9 Å². The van der Waals surface area contributed by atoms with E-state index in [4.69, 9.17) is 21.3 Å². The SMILES string of the molecule is COc1ccc2c(c1)nc(CCCl)n2C1CCCN(C)C1. The van der Waals surface area contributed by atoms with Gasteiger partial charge in [-0.25, -0.2) is 4.98 Å². The topological polar surface area (TPSA) is 30.3 Å². The standard InChI is InChI=1S/C16H22ClN3O/c1-19-9-3-4-12(11-19)20-15-6-5-13(21-2)10-14(15)18-16(20)7-8-17/h5-6,10,12H,3-4,7-9,11H2,1-2H3. The third-order valence-corrected chi connectivity index (χ3v) is 4.44. The quantitative estimate of drug-likeness (QED) is 0.813. The number of rotatable bonds is 4. The van der Waals surface area contributed by atoms with Crippen LogP contribution in [0, 0.1) is 0 Å². The number of alkyl halides is 1. The lowest BCUT2D eigenvalue weighted by Crippen LogP contribution is -2.34. The van der Waals surface area contributed by atoms with Crippen LogP contribution in [0.3, 0.4) is 0 Å². The van der Waals surface area contributed by atoms with Gasteiger partial charge in [-0.15, -0.1) is 11.6 Å². The molecule has 21 heavy (non-hydrogen) atoms. The molecule has 2 aromatic rings. The summed E-state index contributed by atoms with van der Waals surface area (Å²) in [5.41, 5.74) is 2.19. The third-order valence-electron chi connectivity index (χ3n) is 4.25. The van der Waals surface area contributed by atoms with E-state index in [9.17, 15) is 0 Å². The number of likely N-dealkylation sites (tertiary alicyclic amines) is 1. The largest absolute Gasteiger partial charge is 0.497 e. The zero-order valence-corrected chi connectivity index (χ0v) is 13.4. The number of likely N-dealkylation sites (N-methyl/N-ethyl adjacent to an activating group) is 1. The van der Waals surface area contributed by atoms with Crippen LogP contribution in [0.25, 0.3) is 11.0 Å². The number of halogens is 1. The highest BCUT2D eigenvalue weighted by Gasteiger charge is 2.23. The Morgan fingerprint density at radius 3 is 3.00 bits per heavy atom. The van der Waals surface area contributed by atoms with Crippen molar-refractivity contribution in [2.45, 2.75) is 25.3 Å². The number of piperidine rings is 1. The van der Waals surface area contributed by atoms with Crippen molar-refractivity contribution in [2.75, 3.05) is 33.1 Å². The van der Waals surface area contributed by atoms with Gasteiger partial charge in [-0.1, -0.05) is 0 Å². The Morgan fingerprint density at radius 1 is 1.43 bits per heavy atom. The van der Waals surface area contributed by atoms with Crippen LogP contribution in [0.2, 0.25) is 0 Å². The molecule has 1 aliphatic rings. The second kappa shape index (κ2) is 6.24. The molecule has 3 rings (SSSR count). The fourth-order valence-electron chi connectivity index (χ4n) is 3.27. The molecule has 0 spiro atoms. The van der Waals surface area contributed by atoms with Gasteiger partial charge in [0.25, 0.3) is 0 Å². The number of aryl methyl sites for hydroxylation is 1. The van der Waals surface area contributed by atoms with Crippen molar-refractivity contribution in [2.24, 2.45) is 0 Å². The predicted octanol–water partition coefficient (Wildman–Crippen LogP) is 3.09. The fourth-order valence-corrected chi connectivity index (χ4v) is 3.44. The first-order valence-electron chi connectivity index (χ1n) is 7.52. The average molecular weight is 308 g/mol. The van der Waals surface area contributed by atoms with Crippen molar-refractivity contribution in [3.63, 3.8) is 0 Å². The van der Waals surface area contributed by atoms with Gasteiger partial charge in [0.15, 0.2) is 0 Å². The second-order valence-electron chi connectivity index (χ2n) is 5.75. The summed E-state index contributed by atoms with van der Waals surface area (Å²) in [5, 5.41) is 0. The minimum atomic E-state index is 0.486. The number of hydrogen-bond donors (Lipinski definition) is 0. The van der Waals surface area contributed by atoms with Gasteiger partial charge in [0.1, 0.15) is 11.6 Å². The number of aromatic nitrogens is 2. The average Bonchev–Trinajstić information content (AvgIpc) is 2.84. The van der Waals surface area contributed by atoms with Crippen LogP contribution in [0.4, 0.5) is 0 Å². The molecule has 1 unspecified atom stereocenters. The van der Waals surface area contributed by atoms with Crippen molar-refractivity contribution < 1.29 is 4.74 Å². The Bertz CT molecular complexity index is 625. The van der Waals surface area contributed by atoms with Gasteiger partial charge >= 0.3 is 0 Å². The molecule has 1 atom stereocenters. The van der Waals surface area contributed by atoms with Gasteiger partial charge in [-0.3, -0.25) is 0 Å². The number of nitrogens with zero attached hydrogens (tertiary/aromatic N) is 3. The lowest BCUT2D eigenvalue weighted by molar-refractivity contribution is 0.212. The summed E-state index contributed by atoms with van der Waals surface area (Å²) in [6.07, 6.45) is 3.24. The molecule has 0 amide bonds. The monoisotopic (exact) mass is 307 g/mol. The number of benzene rings is 1. The first-order chi connectivity index (χ1) is 10.2. The summed E-state index contributed by atoms with van der Waals surface area (Å²) >= 11 is 5.97. The van der Waals surface area contributed by atoms with Gasteiger partial charge in [0.05, 0.1) is 18.1 Å². The van der Waals surface area contributed by atoms with Gasteiger partial charge in [0, 0.05) is 31.0 Å². The molecule has 1 aromatic carbocycles. The van der Waals surface area contributed by atoms with E-state index in [1.165, 1.54) is 24.9 Å². The van der Waals surface area contributed by atoms with Crippen LogP contribution in [0.15, 0.2) is 18.2 Å². The number of hydrogen-bond acceptors (Lipinski definition) is 3. The molecule has 1 aromatic heterocycles. The molecule has 5 heteroatoms. The Balaban J connectivity index is 2.07. The van der Waals surface area contributed by atoms with Crippen LogP contribution < -0.4 is 4.74 Å². The van der Waals surface area contributed by atoms with E-state index in [-0.39, 0.29) is 0 Å². The highest BCUT2D eigenvalue weighted by molar-refractivity contribution is 6.17. The predicted molar refractivity (Wildman–Crippen MR) is 86.5 cm³/mol. The molecule has 0 saturated carbocycles. The molecule has 1 aliphatic heterocycles. The number of methoxy groups -OCH3 is 1. The molecule has 0 N–H and O–H groups in total. The van der Waals surface area contributed by atoms with E-state index in [0.717, 1.165) is 30.1 Å². The summed E-state index contributed by atoms with van der Waals surface area (Å²) in [5.74, 6) is 2.54. The van der Waals surface area contributed by atoms with Crippen LogP contribution in [0.5, 0.6) is 5.75 Å². The number of fused-ring (bicyclic) bond motifs is 1. The molecule has 1 fully saturated rings. The van der Waals surface area contributed by atoms with Crippen molar-refractivity contribution in [3.8, 4) is 5.75 Å². The summed E-state index contributed by atoms with van der Waals surface area (Å²) < 4.78 is 7.71. The lowest BCUT2D eigenvalue weighted by atomic mass is 10.1. The van der Waals surface area contributed by atoms with Crippen LogP contribution in [-0.4, -0.2) is 47.6 Å². The highest BCUT2D eigenvalue weighted by atomic mass is 35.5.